The Morgan fingerprint density at radius 2 is 1.88 bits per heavy atom. The van der Waals surface area contributed by atoms with Crippen LogP contribution >= 0.6 is 11.6 Å². The van der Waals surface area contributed by atoms with Crippen LogP contribution in [0.1, 0.15) is 29.2 Å². The number of benzene rings is 2. The van der Waals surface area contributed by atoms with Crippen molar-refractivity contribution in [2.45, 2.75) is 38.5 Å². The zero-order valence-corrected chi connectivity index (χ0v) is 18.6. The summed E-state index contributed by atoms with van der Waals surface area (Å²) < 4.78 is 0. The molecule has 2 aromatic rings. The minimum atomic E-state index is -0.286. The lowest BCUT2D eigenvalue weighted by atomic mass is 9.97. The number of hydrogen-bond donors (Lipinski definition) is 3. The van der Waals surface area contributed by atoms with E-state index in [-0.39, 0.29) is 36.7 Å². The fraction of sp³-hybridized carbons (Fsp3) is 0.304. The smallest absolute Gasteiger partial charge is 0.324 e. The van der Waals surface area contributed by atoms with E-state index in [4.69, 9.17) is 11.6 Å². The van der Waals surface area contributed by atoms with Crippen LogP contribution in [0, 0.1) is 13.8 Å². The second kappa shape index (κ2) is 8.12. The van der Waals surface area contributed by atoms with E-state index in [1.807, 2.05) is 6.20 Å². The van der Waals surface area contributed by atoms with Crippen LogP contribution in [0.2, 0.25) is 5.02 Å². The largest absolute Gasteiger partial charge is 0.340 e. The fourth-order valence-electron chi connectivity index (χ4n) is 4.41. The molecular weight excluding hydrogens is 428 g/mol. The molecule has 3 unspecified atom stereocenters. The third-order valence-corrected chi connectivity index (χ3v) is 6.55. The van der Waals surface area contributed by atoms with Crippen molar-refractivity contribution in [2.24, 2.45) is 0 Å². The Labute approximate surface area is 191 Å². The molecule has 3 heterocycles. The summed E-state index contributed by atoms with van der Waals surface area (Å²) in [6.07, 6.45) is 4.22. The lowest BCUT2D eigenvalue weighted by molar-refractivity contribution is -0.117. The maximum atomic E-state index is 12.9. The first-order valence-corrected chi connectivity index (χ1v) is 11.0. The van der Waals surface area contributed by atoms with Crippen molar-refractivity contribution in [3.8, 4) is 0 Å². The summed E-state index contributed by atoms with van der Waals surface area (Å²) in [6, 6.07) is 13.3. The average Bonchev–Trinajstić information content (AvgIpc) is 3.33. The number of rotatable bonds is 4. The molecule has 0 radical (unpaired) electrons. The Kier molecular flexibility index (Phi) is 5.28. The van der Waals surface area contributed by atoms with Gasteiger partial charge < -0.3 is 10.3 Å². The number of halogens is 1. The van der Waals surface area contributed by atoms with Crippen LogP contribution in [0.15, 0.2) is 54.9 Å². The Hall–Kier alpha value is -3.07. The van der Waals surface area contributed by atoms with Crippen LogP contribution in [-0.4, -0.2) is 45.6 Å². The van der Waals surface area contributed by atoms with Crippen molar-refractivity contribution in [2.75, 3.05) is 11.9 Å². The number of aryl methyl sites for hydroxylation is 2. The first-order chi connectivity index (χ1) is 15.4. The van der Waals surface area contributed by atoms with Gasteiger partial charge in [-0.3, -0.25) is 9.69 Å². The quantitative estimate of drug-likeness (QED) is 0.663. The zero-order valence-electron chi connectivity index (χ0n) is 17.9. The molecule has 0 bridgehead atoms. The number of carbonyl (C=O) groups is 2. The van der Waals surface area contributed by atoms with Gasteiger partial charge in [-0.1, -0.05) is 29.8 Å². The van der Waals surface area contributed by atoms with Crippen molar-refractivity contribution in [1.82, 2.24) is 25.8 Å². The van der Waals surface area contributed by atoms with Gasteiger partial charge in [0.05, 0.1) is 12.1 Å². The molecule has 2 aromatic carbocycles. The van der Waals surface area contributed by atoms with Crippen LogP contribution in [0.25, 0.3) is 0 Å². The minimum absolute atomic E-state index is 0.0416. The molecule has 5 rings (SSSR count). The minimum Gasteiger partial charge on any atom is -0.324 e. The van der Waals surface area contributed by atoms with E-state index in [0.29, 0.717) is 10.7 Å². The van der Waals surface area contributed by atoms with Gasteiger partial charge in [-0.25, -0.2) is 20.7 Å². The predicted molar refractivity (Wildman–Crippen MR) is 122 cm³/mol. The highest BCUT2D eigenvalue weighted by atomic mass is 35.5. The van der Waals surface area contributed by atoms with E-state index < -0.39 is 0 Å². The van der Waals surface area contributed by atoms with E-state index in [9.17, 15) is 9.59 Å². The molecule has 0 spiro atoms. The Balaban J connectivity index is 1.25. The molecule has 3 aliphatic heterocycles. The second-order valence-corrected chi connectivity index (χ2v) is 8.88. The summed E-state index contributed by atoms with van der Waals surface area (Å²) in [4.78, 5) is 27.0. The highest BCUT2D eigenvalue weighted by Crippen LogP contribution is 2.35. The first kappa shape index (κ1) is 20.8. The van der Waals surface area contributed by atoms with E-state index in [1.54, 1.807) is 35.4 Å². The van der Waals surface area contributed by atoms with Gasteiger partial charge in [-0.2, -0.15) is 0 Å². The zero-order chi connectivity index (χ0) is 22.4. The number of anilines is 1. The molecule has 3 N–H and O–H groups in total. The SMILES string of the molecule is Cc1ccc(C2CC3C4NN(CC(=O)Nc5ccc(Cl)cc5)C(=O)N4C=CN3N2)cc1C. The van der Waals surface area contributed by atoms with E-state index in [2.05, 4.69) is 53.2 Å². The standard InChI is InChI=1S/C23H25ClN6O2/c1-14-3-4-16(11-15(14)2)19-12-20-22-27-30(23(32)28(22)9-10-29(20)26-19)13-21(31)25-18-7-5-17(24)6-8-18/h3-11,19-20,22,26-27H,12-13H2,1-2H3,(H,25,31). The molecule has 2 fully saturated rings. The number of nitrogens with zero attached hydrogens (tertiary/aromatic N) is 3. The Morgan fingerprint density at radius 1 is 1.09 bits per heavy atom. The topological polar surface area (TPSA) is 80.0 Å². The summed E-state index contributed by atoms with van der Waals surface area (Å²) in [6.45, 7) is 4.13. The van der Waals surface area contributed by atoms with Crippen molar-refractivity contribution >= 4 is 29.2 Å². The first-order valence-electron chi connectivity index (χ1n) is 10.6. The van der Waals surface area contributed by atoms with E-state index in [0.717, 1.165) is 6.42 Å². The Bertz CT molecular complexity index is 1090. The lowest BCUT2D eigenvalue weighted by Gasteiger charge is -2.34. The molecule has 0 aromatic heterocycles. The van der Waals surface area contributed by atoms with Gasteiger partial charge in [0.1, 0.15) is 12.7 Å². The molecule has 166 valence electrons. The average molecular weight is 453 g/mol. The van der Waals surface area contributed by atoms with Gasteiger partial charge in [0.2, 0.25) is 5.91 Å². The normalized spacial score (nSPS) is 24.0. The number of hydrazine groups is 2. The number of fused-ring (bicyclic) bond motifs is 3. The Morgan fingerprint density at radius 3 is 2.62 bits per heavy atom. The van der Waals surface area contributed by atoms with Crippen molar-refractivity contribution in [3.63, 3.8) is 0 Å². The van der Waals surface area contributed by atoms with Gasteiger partial charge >= 0.3 is 6.03 Å². The monoisotopic (exact) mass is 452 g/mol. The third-order valence-electron chi connectivity index (χ3n) is 6.29. The second-order valence-electron chi connectivity index (χ2n) is 8.44. The van der Waals surface area contributed by atoms with Crippen LogP contribution < -0.4 is 16.2 Å². The summed E-state index contributed by atoms with van der Waals surface area (Å²) in [5.74, 6) is -0.286. The number of urea groups is 1. The van der Waals surface area contributed by atoms with Crippen LogP contribution in [0.3, 0.4) is 0 Å². The van der Waals surface area contributed by atoms with Crippen molar-refractivity contribution in [3.05, 3.63) is 76.6 Å². The number of nitrogens with one attached hydrogen (secondary N) is 3. The van der Waals surface area contributed by atoms with Crippen molar-refractivity contribution < 1.29 is 9.59 Å². The molecular formula is C23H25ClN6O2. The molecule has 0 saturated carbocycles. The van der Waals surface area contributed by atoms with Gasteiger partial charge in [-0.05, 0) is 61.2 Å². The molecule has 3 amide bonds. The van der Waals surface area contributed by atoms with Crippen LogP contribution in [0.4, 0.5) is 10.5 Å². The summed E-state index contributed by atoms with van der Waals surface area (Å²) in [5, 5.41) is 6.81. The molecule has 0 aliphatic carbocycles. The maximum Gasteiger partial charge on any atom is 0.340 e. The predicted octanol–water partition coefficient (Wildman–Crippen LogP) is 3.27. The van der Waals surface area contributed by atoms with Gasteiger partial charge in [0.15, 0.2) is 0 Å². The van der Waals surface area contributed by atoms with Gasteiger partial charge in [-0.15, -0.1) is 0 Å². The highest BCUT2D eigenvalue weighted by molar-refractivity contribution is 6.30. The molecule has 3 atom stereocenters. The number of hydrogen-bond acceptors (Lipinski definition) is 5. The number of amides is 3. The number of carbonyl (C=O) groups excluding carboxylic acids is 2. The van der Waals surface area contributed by atoms with E-state index >= 15 is 0 Å². The van der Waals surface area contributed by atoms with E-state index in [1.165, 1.54) is 21.7 Å². The van der Waals surface area contributed by atoms with Gasteiger partial charge in [0, 0.05) is 23.1 Å². The van der Waals surface area contributed by atoms with Crippen LogP contribution in [-0.2, 0) is 4.79 Å². The highest BCUT2D eigenvalue weighted by Gasteiger charge is 2.48. The third kappa shape index (κ3) is 3.81. The lowest BCUT2D eigenvalue weighted by Crippen LogP contribution is -2.54. The van der Waals surface area contributed by atoms with Crippen LogP contribution in [0.5, 0.6) is 0 Å². The van der Waals surface area contributed by atoms with Gasteiger partial charge in [0.25, 0.3) is 0 Å². The molecule has 3 aliphatic rings. The molecule has 8 nitrogen and oxygen atoms in total. The molecule has 9 heteroatoms. The molecule has 32 heavy (non-hydrogen) atoms. The van der Waals surface area contributed by atoms with Crippen molar-refractivity contribution in [1.29, 1.82) is 0 Å². The fourth-order valence-corrected chi connectivity index (χ4v) is 4.53. The summed E-state index contributed by atoms with van der Waals surface area (Å²) in [5.41, 5.74) is 11.2. The summed E-state index contributed by atoms with van der Waals surface area (Å²) >= 11 is 5.89. The molecule has 2 saturated heterocycles. The summed E-state index contributed by atoms with van der Waals surface area (Å²) in [7, 11) is 0. The maximum absolute atomic E-state index is 12.9.